The fourth-order valence-corrected chi connectivity index (χ4v) is 2.59. The predicted octanol–water partition coefficient (Wildman–Crippen LogP) is 1.00. The van der Waals surface area contributed by atoms with Crippen molar-refractivity contribution in [1.29, 1.82) is 0 Å². The van der Waals surface area contributed by atoms with E-state index in [1.807, 2.05) is 0 Å². The molecule has 1 aromatic heterocycles. The highest BCUT2D eigenvalue weighted by Gasteiger charge is 2.13. The summed E-state index contributed by atoms with van der Waals surface area (Å²) in [5.74, 6) is -0.0111. The number of nitrogens with zero attached hydrogens (tertiary/aromatic N) is 2. The highest BCUT2D eigenvalue weighted by molar-refractivity contribution is 7.91. The van der Waals surface area contributed by atoms with Gasteiger partial charge in [0.15, 0.2) is 5.82 Å². The molecule has 2 rings (SSSR count). The van der Waals surface area contributed by atoms with Crippen molar-refractivity contribution in [2.75, 3.05) is 10.5 Å². The lowest BCUT2D eigenvalue weighted by atomic mass is 10.2. The second-order valence-corrected chi connectivity index (χ2v) is 5.39. The van der Waals surface area contributed by atoms with E-state index < -0.39 is 10.0 Å². The van der Waals surface area contributed by atoms with Crippen LogP contribution in [-0.2, 0) is 15.8 Å². The van der Waals surface area contributed by atoms with E-state index >= 15 is 0 Å². The molecule has 7 heteroatoms. The average Bonchev–Trinajstić information content (AvgIpc) is 2.32. The summed E-state index contributed by atoms with van der Waals surface area (Å²) in [6.07, 6.45) is 1.47. The molecule has 0 spiro atoms. The van der Waals surface area contributed by atoms with Crippen molar-refractivity contribution in [3.63, 3.8) is 0 Å². The monoisotopic (exact) mass is 264 g/mol. The van der Waals surface area contributed by atoms with E-state index in [1.165, 1.54) is 12.3 Å². The molecular formula is C11H12N4O2S. The third kappa shape index (κ3) is 3.17. The number of nitrogens with two attached hydrogens (primary N) is 1. The number of para-hydroxylation sites is 1. The molecule has 6 nitrogen and oxygen atoms in total. The molecule has 1 heterocycles. The summed E-state index contributed by atoms with van der Waals surface area (Å²) >= 11 is 0. The van der Waals surface area contributed by atoms with Gasteiger partial charge in [-0.1, -0.05) is 18.2 Å². The Bertz CT molecular complexity index is 629. The van der Waals surface area contributed by atoms with Gasteiger partial charge in [0.2, 0.25) is 10.0 Å². The zero-order valence-corrected chi connectivity index (χ0v) is 10.3. The van der Waals surface area contributed by atoms with Crippen molar-refractivity contribution in [1.82, 2.24) is 10.2 Å². The van der Waals surface area contributed by atoms with Crippen molar-refractivity contribution in [2.24, 2.45) is 0 Å². The molecule has 1 aromatic carbocycles. The Morgan fingerprint density at radius 2 is 1.94 bits per heavy atom. The molecule has 0 bridgehead atoms. The predicted molar refractivity (Wildman–Crippen MR) is 69.1 cm³/mol. The van der Waals surface area contributed by atoms with E-state index in [1.54, 1.807) is 30.3 Å². The van der Waals surface area contributed by atoms with Crippen LogP contribution in [0.25, 0.3) is 0 Å². The Hall–Kier alpha value is -2.15. The molecule has 0 aliphatic rings. The molecular weight excluding hydrogens is 252 g/mol. The molecule has 18 heavy (non-hydrogen) atoms. The van der Waals surface area contributed by atoms with Gasteiger partial charge in [-0.25, -0.2) is 8.42 Å². The first-order chi connectivity index (χ1) is 8.57. The third-order valence-electron chi connectivity index (χ3n) is 2.23. The molecule has 0 aliphatic carbocycles. The number of rotatable bonds is 4. The molecule has 0 radical (unpaired) electrons. The fourth-order valence-electron chi connectivity index (χ4n) is 1.42. The van der Waals surface area contributed by atoms with Gasteiger partial charge in [-0.05, 0) is 23.8 Å². The lowest BCUT2D eigenvalue weighted by Gasteiger charge is -2.08. The second-order valence-electron chi connectivity index (χ2n) is 3.67. The molecule has 94 valence electrons. The Labute approximate surface area is 105 Å². The first kappa shape index (κ1) is 12.3. The number of hydrogen-bond donors (Lipinski definition) is 2. The Morgan fingerprint density at radius 1 is 1.17 bits per heavy atom. The van der Waals surface area contributed by atoms with E-state index in [9.17, 15) is 8.42 Å². The SMILES string of the molecule is Nc1ccccc1CS(=O)(=O)Nc1cccnn1. The van der Waals surface area contributed by atoms with Gasteiger partial charge in [-0.15, -0.1) is 5.10 Å². The van der Waals surface area contributed by atoms with Crippen LogP contribution >= 0.6 is 0 Å². The van der Waals surface area contributed by atoms with Gasteiger partial charge in [-0.3, -0.25) is 4.72 Å². The normalized spacial score (nSPS) is 11.1. The Morgan fingerprint density at radius 3 is 2.61 bits per heavy atom. The number of benzene rings is 1. The molecule has 0 amide bonds. The van der Waals surface area contributed by atoms with Crippen LogP contribution in [0.4, 0.5) is 11.5 Å². The summed E-state index contributed by atoms with van der Waals surface area (Å²) in [5, 5.41) is 7.25. The highest BCUT2D eigenvalue weighted by atomic mass is 32.2. The van der Waals surface area contributed by atoms with Crippen LogP contribution in [0, 0.1) is 0 Å². The molecule has 0 unspecified atom stereocenters. The van der Waals surface area contributed by atoms with E-state index in [2.05, 4.69) is 14.9 Å². The summed E-state index contributed by atoms with van der Waals surface area (Å²) in [6, 6.07) is 9.95. The first-order valence-corrected chi connectivity index (χ1v) is 6.84. The minimum Gasteiger partial charge on any atom is -0.398 e. The number of nitrogen functional groups attached to an aromatic ring is 1. The summed E-state index contributed by atoms with van der Waals surface area (Å²) in [6.45, 7) is 0. The maximum absolute atomic E-state index is 11.9. The fraction of sp³-hybridized carbons (Fsp3) is 0.0909. The summed E-state index contributed by atoms with van der Waals surface area (Å²) in [5.41, 5.74) is 6.70. The number of nitrogens with one attached hydrogen (secondary N) is 1. The summed E-state index contributed by atoms with van der Waals surface area (Å²) in [7, 11) is -3.54. The smallest absolute Gasteiger partial charge is 0.238 e. The van der Waals surface area contributed by atoms with Crippen LogP contribution < -0.4 is 10.5 Å². The molecule has 0 aliphatic heterocycles. The van der Waals surface area contributed by atoms with Gasteiger partial charge < -0.3 is 5.73 Å². The van der Waals surface area contributed by atoms with Crippen LogP contribution in [0.3, 0.4) is 0 Å². The van der Waals surface area contributed by atoms with E-state index in [4.69, 9.17) is 5.73 Å². The van der Waals surface area contributed by atoms with Crippen LogP contribution in [0.15, 0.2) is 42.6 Å². The summed E-state index contributed by atoms with van der Waals surface area (Å²) in [4.78, 5) is 0. The largest absolute Gasteiger partial charge is 0.398 e. The van der Waals surface area contributed by atoms with Crippen LogP contribution in [0.2, 0.25) is 0 Å². The zero-order chi connectivity index (χ0) is 13.0. The maximum Gasteiger partial charge on any atom is 0.238 e. The maximum atomic E-state index is 11.9. The molecule has 3 N–H and O–H groups in total. The van der Waals surface area contributed by atoms with E-state index in [0.29, 0.717) is 11.3 Å². The van der Waals surface area contributed by atoms with Crippen molar-refractivity contribution in [3.8, 4) is 0 Å². The third-order valence-corrected chi connectivity index (χ3v) is 3.44. The van der Waals surface area contributed by atoms with Crippen molar-refractivity contribution >= 4 is 21.5 Å². The standard InChI is InChI=1S/C11H12N4O2S/c12-10-5-2-1-4-9(10)8-18(16,17)15-11-6-3-7-13-14-11/h1-7H,8,12H2,(H,14,15). The molecule has 0 saturated carbocycles. The van der Waals surface area contributed by atoms with Crippen molar-refractivity contribution in [2.45, 2.75) is 5.75 Å². The Kier molecular flexibility index (Phi) is 3.42. The van der Waals surface area contributed by atoms with Crippen molar-refractivity contribution < 1.29 is 8.42 Å². The van der Waals surface area contributed by atoms with Gasteiger partial charge in [0.1, 0.15) is 0 Å². The van der Waals surface area contributed by atoms with E-state index in [-0.39, 0.29) is 11.6 Å². The second kappa shape index (κ2) is 5.01. The van der Waals surface area contributed by atoms with Crippen LogP contribution in [-0.4, -0.2) is 18.6 Å². The Balaban J connectivity index is 2.16. The first-order valence-electron chi connectivity index (χ1n) is 5.18. The minimum atomic E-state index is -3.54. The van der Waals surface area contributed by atoms with Gasteiger partial charge in [-0.2, -0.15) is 5.10 Å². The average molecular weight is 264 g/mol. The quantitative estimate of drug-likeness (QED) is 0.803. The van der Waals surface area contributed by atoms with Gasteiger partial charge in [0.05, 0.1) is 5.75 Å². The van der Waals surface area contributed by atoms with Crippen LogP contribution in [0.5, 0.6) is 0 Å². The summed E-state index contributed by atoms with van der Waals surface area (Å²) < 4.78 is 26.1. The molecule has 2 aromatic rings. The number of hydrogen-bond acceptors (Lipinski definition) is 5. The number of aromatic nitrogens is 2. The molecule has 0 atom stereocenters. The zero-order valence-electron chi connectivity index (χ0n) is 9.45. The van der Waals surface area contributed by atoms with Gasteiger partial charge in [0.25, 0.3) is 0 Å². The van der Waals surface area contributed by atoms with Crippen molar-refractivity contribution in [3.05, 3.63) is 48.2 Å². The topological polar surface area (TPSA) is 98.0 Å². The lowest BCUT2D eigenvalue weighted by molar-refractivity contribution is 0.600. The number of sulfonamides is 1. The lowest BCUT2D eigenvalue weighted by Crippen LogP contribution is -2.16. The van der Waals surface area contributed by atoms with Crippen LogP contribution in [0.1, 0.15) is 5.56 Å². The van der Waals surface area contributed by atoms with Gasteiger partial charge >= 0.3 is 0 Å². The molecule has 0 saturated heterocycles. The van der Waals surface area contributed by atoms with Gasteiger partial charge in [0, 0.05) is 11.9 Å². The number of anilines is 2. The molecule has 0 fully saturated rings. The van der Waals surface area contributed by atoms with E-state index in [0.717, 1.165) is 0 Å². The highest BCUT2D eigenvalue weighted by Crippen LogP contribution is 2.15. The minimum absolute atomic E-state index is 0.187.